The van der Waals surface area contributed by atoms with Gasteiger partial charge in [0.1, 0.15) is 0 Å². The maximum atomic E-state index is 5.69. The van der Waals surface area contributed by atoms with Gasteiger partial charge in [0.15, 0.2) is 0 Å². The molecule has 0 aliphatic carbocycles. The first kappa shape index (κ1) is 12.7. The van der Waals surface area contributed by atoms with E-state index in [-0.39, 0.29) is 0 Å². The summed E-state index contributed by atoms with van der Waals surface area (Å²) < 4.78 is 6.87. The molecule has 1 N–H and O–H groups in total. The first-order chi connectivity index (χ1) is 6.74. The van der Waals surface area contributed by atoms with E-state index in [0.717, 1.165) is 19.1 Å². The lowest BCUT2D eigenvalue weighted by Crippen LogP contribution is -2.41. The van der Waals surface area contributed by atoms with Gasteiger partial charge in [-0.3, -0.25) is 0 Å². The van der Waals surface area contributed by atoms with Crippen molar-refractivity contribution in [1.29, 1.82) is 0 Å². The van der Waals surface area contributed by atoms with E-state index < -0.39 is 0 Å². The fourth-order valence-electron chi connectivity index (χ4n) is 1.72. The first-order valence-corrected chi connectivity index (χ1v) is 7.17. The Balaban J connectivity index is 2.16. The van der Waals surface area contributed by atoms with Crippen LogP contribution < -0.4 is 5.32 Å². The van der Waals surface area contributed by atoms with Gasteiger partial charge in [-0.25, -0.2) is 0 Å². The molecule has 0 saturated carbocycles. The Morgan fingerprint density at radius 2 is 2.21 bits per heavy atom. The van der Waals surface area contributed by atoms with Crippen molar-refractivity contribution in [3.63, 3.8) is 0 Å². The molecule has 2 atom stereocenters. The SMILES string of the molecule is CC(C)C(CI)NCC1CCCCO1. The van der Waals surface area contributed by atoms with Crippen LogP contribution in [-0.4, -0.2) is 29.7 Å². The largest absolute Gasteiger partial charge is 0.377 e. The molecular formula is C11H22INO. The van der Waals surface area contributed by atoms with Crippen LogP contribution in [0.4, 0.5) is 0 Å². The third kappa shape index (κ3) is 4.45. The van der Waals surface area contributed by atoms with Gasteiger partial charge in [0.2, 0.25) is 0 Å². The Morgan fingerprint density at radius 3 is 2.71 bits per heavy atom. The van der Waals surface area contributed by atoms with Gasteiger partial charge in [0.25, 0.3) is 0 Å². The fourth-order valence-corrected chi connectivity index (χ4v) is 3.05. The van der Waals surface area contributed by atoms with E-state index >= 15 is 0 Å². The van der Waals surface area contributed by atoms with Gasteiger partial charge in [0.05, 0.1) is 6.10 Å². The van der Waals surface area contributed by atoms with Crippen LogP contribution in [0.1, 0.15) is 33.1 Å². The van der Waals surface area contributed by atoms with Gasteiger partial charge < -0.3 is 10.1 Å². The second-order valence-electron chi connectivity index (χ2n) is 4.40. The third-order valence-electron chi connectivity index (χ3n) is 2.85. The molecule has 0 aromatic rings. The predicted octanol–water partition coefficient (Wildman–Crippen LogP) is 2.60. The van der Waals surface area contributed by atoms with Gasteiger partial charge in [-0.05, 0) is 25.2 Å². The average Bonchev–Trinajstić information content (AvgIpc) is 2.20. The molecule has 2 nitrogen and oxygen atoms in total. The number of halogens is 1. The quantitative estimate of drug-likeness (QED) is 0.622. The monoisotopic (exact) mass is 311 g/mol. The minimum Gasteiger partial charge on any atom is -0.377 e. The smallest absolute Gasteiger partial charge is 0.0699 e. The zero-order valence-electron chi connectivity index (χ0n) is 9.26. The Kier molecular flexibility index (Phi) is 6.37. The van der Waals surface area contributed by atoms with Crippen molar-refractivity contribution < 1.29 is 4.74 Å². The lowest BCUT2D eigenvalue weighted by Gasteiger charge is -2.26. The van der Waals surface area contributed by atoms with Crippen molar-refractivity contribution in [3.8, 4) is 0 Å². The topological polar surface area (TPSA) is 21.3 Å². The average molecular weight is 311 g/mol. The molecule has 0 aromatic carbocycles. The van der Waals surface area contributed by atoms with Gasteiger partial charge in [0, 0.05) is 23.6 Å². The lowest BCUT2D eigenvalue weighted by molar-refractivity contribution is 0.0150. The summed E-state index contributed by atoms with van der Waals surface area (Å²) in [4.78, 5) is 0. The summed E-state index contributed by atoms with van der Waals surface area (Å²) in [7, 11) is 0. The van der Waals surface area contributed by atoms with Crippen LogP contribution in [0.2, 0.25) is 0 Å². The molecule has 1 saturated heterocycles. The molecule has 14 heavy (non-hydrogen) atoms. The number of rotatable bonds is 5. The fraction of sp³-hybridized carbons (Fsp3) is 1.00. The van der Waals surface area contributed by atoms with Crippen LogP contribution in [0, 0.1) is 5.92 Å². The maximum Gasteiger partial charge on any atom is 0.0699 e. The van der Waals surface area contributed by atoms with E-state index in [9.17, 15) is 0 Å². The molecule has 0 bridgehead atoms. The zero-order chi connectivity index (χ0) is 10.4. The highest BCUT2D eigenvalue weighted by Crippen LogP contribution is 2.13. The van der Waals surface area contributed by atoms with E-state index in [2.05, 4.69) is 41.8 Å². The molecule has 0 spiro atoms. The van der Waals surface area contributed by atoms with Crippen LogP contribution in [-0.2, 0) is 4.74 Å². The summed E-state index contributed by atoms with van der Waals surface area (Å²) >= 11 is 2.46. The molecule has 0 aromatic heterocycles. The Hall–Kier alpha value is 0.650. The standard InChI is InChI=1S/C11H22INO/c1-9(2)11(7-12)13-8-10-5-3-4-6-14-10/h9-11,13H,3-8H2,1-2H3. The summed E-state index contributed by atoms with van der Waals surface area (Å²) in [6.07, 6.45) is 4.28. The second-order valence-corrected chi connectivity index (χ2v) is 5.28. The first-order valence-electron chi connectivity index (χ1n) is 5.65. The second kappa shape index (κ2) is 7.01. The highest BCUT2D eigenvalue weighted by Gasteiger charge is 2.16. The molecule has 2 unspecified atom stereocenters. The summed E-state index contributed by atoms with van der Waals surface area (Å²) in [5.41, 5.74) is 0. The molecule has 3 heteroatoms. The van der Waals surface area contributed by atoms with Crippen molar-refractivity contribution in [3.05, 3.63) is 0 Å². The van der Waals surface area contributed by atoms with Gasteiger partial charge in [-0.15, -0.1) is 0 Å². The normalized spacial score (nSPS) is 25.3. The molecule has 1 fully saturated rings. The predicted molar refractivity (Wildman–Crippen MR) is 69.1 cm³/mol. The van der Waals surface area contributed by atoms with Crippen LogP contribution in [0.5, 0.6) is 0 Å². The number of hydrogen-bond acceptors (Lipinski definition) is 2. The van der Waals surface area contributed by atoms with E-state index in [1.54, 1.807) is 0 Å². The number of hydrogen-bond donors (Lipinski definition) is 1. The number of nitrogens with one attached hydrogen (secondary N) is 1. The van der Waals surface area contributed by atoms with Crippen LogP contribution in [0.3, 0.4) is 0 Å². The minimum absolute atomic E-state index is 0.466. The van der Waals surface area contributed by atoms with Crippen molar-refractivity contribution in [2.75, 3.05) is 17.6 Å². The summed E-state index contributed by atoms with van der Waals surface area (Å²) in [5, 5.41) is 3.61. The summed E-state index contributed by atoms with van der Waals surface area (Å²) in [6.45, 7) is 6.55. The van der Waals surface area contributed by atoms with Crippen molar-refractivity contribution in [1.82, 2.24) is 5.32 Å². The Morgan fingerprint density at radius 1 is 1.43 bits per heavy atom. The van der Waals surface area contributed by atoms with E-state index in [1.807, 2.05) is 0 Å². The highest BCUT2D eigenvalue weighted by atomic mass is 127. The van der Waals surface area contributed by atoms with E-state index in [4.69, 9.17) is 4.74 Å². The Labute approximate surface area is 101 Å². The maximum absolute atomic E-state index is 5.69. The zero-order valence-corrected chi connectivity index (χ0v) is 11.4. The Bertz CT molecular complexity index is 146. The van der Waals surface area contributed by atoms with Gasteiger partial charge >= 0.3 is 0 Å². The molecule has 1 heterocycles. The van der Waals surface area contributed by atoms with Crippen LogP contribution in [0.25, 0.3) is 0 Å². The molecular weight excluding hydrogens is 289 g/mol. The number of ether oxygens (including phenoxy) is 1. The number of alkyl halides is 1. The van der Waals surface area contributed by atoms with Crippen molar-refractivity contribution in [2.24, 2.45) is 5.92 Å². The third-order valence-corrected chi connectivity index (χ3v) is 3.80. The van der Waals surface area contributed by atoms with Gasteiger partial charge in [-0.2, -0.15) is 0 Å². The molecule has 84 valence electrons. The molecule has 1 aliphatic heterocycles. The molecule has 1 rings (SSSR count). The van der Waals surface area contributed by atoms with Crippen molar-refractivity contribution in [2.45, 2.75) is 45.3 Å². The molecule has 0 amide bonds. The summed E-state index contributed by atoms with van der Waals surface area (Å²) in [5.74, 6) is 0.718. The van der Waals surface area contributed by atoms with Crippen molar-refractivity contribution >= 4 is 22.6 Å². The molecule has 1 aliphatic rings. The molecule has 0 radical (unpaired) electrons. The minimum atomic E-state index is 0.466. The van der Waals surface area contributed by atoms with Gasteiger partial charge in [-0.1, -0.05) is 36.4 Å². The lowest BCUT2D eigenvalue weighted by atomic mass is 10.1. The highest BCUT2D eigenvalue weighted by molar-refractivity contribution is 14.1. The van der Waals surface area contributed by atoms with E-state index in [0.29, 0.717) is 12.1 Å². The van der Waals surface area contributed by atoms with Crippen LogP contribution >= 0.6 is 22.6 Å². The van der Waals surface area contributed by atoms with E-state index in [1.165, 1.54) is 23.7 Å². The summed E-state index contributed by atoms with van der Waals surface area (Å²) in [6, 6.07) is 0.640. The van der Waals surface area contributed by atoms with Crippen LogP contribution in [0.15, 0.2) is 0 Å².